The zero-order valence-electron chi connectivity index (χ0n) is 6.74. The van der Waals surface area contributed by atoms with Gasteiger partial charge in [0.1, 0.15) is 5.75 Å². The number of carboxylic acids is 1. The van der Waals surface area contributed by atoms with Gasteiger partial charge in [0, 0.05) is 12.7 Å². The number of rotatable bonds is 2. The van der Waals surface area contributed by atoms with Crippen LogP contribution in [0.3, 0.4) is 0 Å². The molecule has 3 N–H and O–H groups in total. The number of aliphatic hydroxyl groups excluding tert-OH is 1. The number of hydrogen-bond acceptors (Lipinski definition) is 3. The first kappa shape index (κ1) is 12.0. The van der Waals surface area contributed by atoms with Gasteiger partial charge in [-0.3, -0.25) is 0 Å². The van der Waals surface area contributed by atoms with Gasteiger partial charge in [0.2, 0.25) is 0 Å². The second-order valence-corrected chi connectivity index (χ2v) is 4.81. The normalized spacial score (nSPS) is 12.5. The third-order valence-corrected chi connectivity index (χ3v) is 4.66. The van der Waals surface area contributed by atoms with Crippen molar-refractivity contribution < 1.29 is 20.1 Å². The minimum atomic E-state index is -1.59. The Bertz CT molecular complexity index is 378. The number of carboxylic acid groups (broad SMARTS) is 1. The average molecular weight is 420 g/mol. The summed E-state index contributed by atoms with van der Waals surface area (Å²) in [5.74, 6) is -1.38. The molecule has 0 aliphatic rings. The summed E-state index contributed by atoms with van der Waals surface area (Å²) in [7, 11) is 0. The Labute approximate surface area is 107 Å². The molecule has 0 aliphatic carbocycles. The molecule has 6 heteroatoms. The molecule has 0 spiro atoms. The van der Waals surface area contributed by atoms with E-state index in [1.54, 1.807) is 0 Å². The van der Waals surface area contributed by atoms with Crippen molar-refractivity contribution in [2.45, 2.75) is 6.10 Å². The second kappa shape index (κ2) is 4.62. The highest BCUT2D eigenvalue weighted by atomic mass is 127. The van der Waals surface area contributed by atoms with Gasteiger partial charge in [-0.2, -0.15) is 0 Å². The Morgan fingerprint density at radius 1 is 1.36 bits per heavy atom. The third-order valence-electron chi connectivity index (χ3n) is 1.57. The van der Waals surface area contributed by atoms with Crippen molar-refractivity contribution in [2.75, 3.05) is 0 Å². The number of phenolic OH excluding ortho intramolecular Hbond substituents is 1. The van der Waals surface area contributed by atoms with Crippen molar-refractivity contribution in [2.24, 2.45) is 0 Å². The Kier molecular flexibility index (Phi) is 3.95. The molecule has 1 atom stereocenters. The van der Waals surface area contributed by atoms with Gasteiger partial charge in [0.15, 0.2) is 6.10 Å². The molecule has 0 fully saturated rings. The van der Waals surface area contributed by atoms with Crippen LogP contribution in [0.1, 0.15) is 11.7 Å². The SMILES string of the molecule is O=C(O)C(O)c1cc(O)cc(I)c1I. The minimum Gasteiger partial charge on any atom is -0.508 e. The average Bonchev–Trinajstić information content (AvgIpc) is 2.09. The number of benzene rings is 1. The molecule has 1 unspecified atom stereocenters. The molecule has 1 aromatic carbocycles. The van der Waals surface area contributed by atoms with E-state index in [1.807, 2.05) is 45.2 Å². The molecule has 1 aromatic rings. The molecule has 0 saturated heterocycles. The number of aliphatic carboxylic acids is 1. The summed E-state index contributed by atoms with van der Waals surface area (Å²) in [6.45, 7) is 0. The summed E-state index contributed by atoms with van der Waals surface area (Å²) < 4.78 is 1.34. The molecule has 0 saturated carbocycles. The van der Waals surface area contributed by atoms with Crippen LogP contribution < -0.4 is 0 Å². The van der Waals surface area contributed by atoms with Crippen LogP contribution >= 0.6 is 45.2 Å². The van der Waals surface area contributed by atoms with Crippen molar-refractivity contribution in [3.8, 4) is 5.75 Å². The van der Waals surface area contributed by atoms with E-state index in [4.69, 9.17) is 5.11 Å². The molecule has 0 bridgehead atoms. The summed E-state index contributed by atoms with van der Waals surface area (Å²) in [6.07, 6.45) is -1.59. The van der Waals surface area contributed by atoms with Crippen LogP contribution in [-0.4, -0.2) is 21.3 Å². The van der Waals surface area contributed by atoms with Crippen molar-refractivity contribution in [1.82, 2.24) is 0 Å². The molecular formula is C8H6I2O4. The van der Waals surface area contributed by atoms with Gasteiger partial charge in [0.05, 0.1) is 0 Å². The highest BCUT2D eigenvalue weighted by molar-refractivity contribution is 14.1. The number of carbonyl (C=O) groups is 1. The minimum absolute atomic E-state index is 0.0508. The lowest BCUT2D eigenvalue weighted by molar-refractivity contribution is -0.147. The molecule has 1 rings (SSSR count). The van der Waals surface area contributed by atoms with E-state index in [2.05, 4.69) is 0 Å². The van der Waals surface area contributed by atoms with Crippen molar-refractivity contribution in [3.05, 3.63) is 24.8 Å². The maximum atomic E-state index is 10.5. The molecule has 14 heavy (non-hydrogen) atoms. The van der Waals surface area contributed by atoms with Gasteiger partial charge in [-0.25, -0.2) is 4.79 Å². The molecular weight excluding hydrogens is 414 g/mol. The first-order valence-corrected chi connectivity index (χ1v) is 5.68. The summed E-state index contributed by atoms with van der Waals surface area (Å²) in [6, 6.07) is 2.75. The van der Waals surface area contributed by atoms with Crippen LogP contribution in [-0.2, 0) is 4.79 Å². The Morgan fingerprint density at radius 3 is 2.43 bits per heavy atom. The summed E-state index contributed by atoms with van der Waals surface area (Å²) in [5, 5.41) is 27.1. The predicted octanol–water partition coefficient (Wildman–Crippen LogP) is 1.72. The van der Waals surface area contributed by atoms with E-state index in [0.717, 1.165) is 0 Å². The van der Waals surface area contributed by atoms with Crippen LogP contribution in [0.15, 0.2) is 12.1 Å². The van der Waals surface area contributed by atoms with Gasteiger partial charge < -0.3 is 15.3 Å². The molecule has 0 aliphatic heterocycles. The Hall–Kier alpha value is -0.0900. The smallest absolute Gasteiger partial charge is 0.337 e. The Balaban J connectivity index is 3.26. The first-order valence-electron chi connectivity index (χ1n) is 3.52. The van der Waals surface area contributed by atoms with Crippen LogP contribution in [0.25, 0.3) is 0 Å². The van der Waals surface area contributed by atoms with E-state index < -0.39 is 12.1 Å². The zero-order valence-corrected chi connectivity index (χ0v) is 11.1. The van der Waals surface area contributed by atoms with Crippen LogP contribution in [0.4, 0.5) is 0 Å². The highest BCUT2D eigenvalue weighted by Crippen LogP contribution is 2.29. The van der Waals surface area contributed by atoms with Crippen molar-refractivity contribution in [3.63, 3.8) is 0 Å². The fourth-order valence-corrected chi connectivity index (χ4v) is 2.16. The molecule has 4 nitrogen and oxygen atoms in total. The maximum Gasteiger partial charge on any atom is 0.337 e. The third kappa shape index (κ3) is 2.48. The van der Waals surface area contributed by atoms with E-state index in [-0.39, 0.29) is 11.3 Å². The number of hydrogen-bond donors (Lipinski definition) is 3. The molecule has 0 aromatic heterocycles. The summed E-state index contributed by atoms with van der Waals surface area (Å²) in [5.41, 5.74) is 0.211. The highest BCUT2D eigenvalue weighted by Gasteiger charge is 2.20. The lowest BCUT2D eigenvalue weighted by Crippen LogP contribution is -2.12. The van der Waals surface area contributed by atoms with E-state index >= 15 is 0 Å². The van der Waals surface area contributed by atoms with Crippen LogP contribution in [0.5, 0.6) is 5.75 Å². The fraction of sp³-hybridized carbons (Fsp3) is 0.125. The van der Waals surface area contributed by atoms with E-state index in [1.165, 1.54) is 12.1 Å². The van der Waals surface area contributed by atoms with Crippen molar-refractivity contribution in [1.29, 1.82) is 0 Å². The second-order valence-electron chi connectivity index (χ2n) is 2.57. The standard InChI is InChI=1S/C8H6I2O4/c9-5-2-3(11)1-4(6(5)10)7(12)8(13)14/h1-2,7,11-12H,(H,13,14). The number of halogens is 2. The van der Waals surface area contributed by atoms with Crippen molar-refractivity contribution >= 4 is 51.2 Å². The van der Waals surface area contributed by atoms with Gasteiger partial charge in [-0.05, 0) is 57.3 Å². The number of phenols is 1. The first-order chi connectivity index (χ1) is 6.43. The number of aliphatic hydroxyl groups is 1. The lowest BCUT2D eigenvalue weighted by atomic mass is 10.1. The monoisotopic (exact) mass is 420 g/mol. The maximum absolute atomic E-state index is 10.5. The Morgan fingerprint density at radius 2 is 1.93 bits per heavy atom. The van der Waals surface area contributed by atoms with E-state index in [9.17, 15) is 15.0 Å². The zero-order chi connectivity index (χ0) is 10.9. The van der Waals surface area contributed by atoms with Gasteiger partial charge in [-0.1, -0.05) is 0 Å². The summed E-state index contributed by atoms with van der Waals surface area (Å²) in [4.78, 5) is 10.5. The largest absolute Gasteiger partial charge is 0.508 e. The van der Waals surface area contributed by atoms with Crippen LogP contribution in [0, 0.1) is 7.14 Å². The summed E-state index contributed by atoms with van der Waals surface area (Å²) >= 11 is 3.89. The van der Waals surface area contributed by atoms with Gasteiger partial charge in [-0.15, -0.1) is 0 Å². The van der Waals surface area contributed by atoms with Gasteiger partial charge >= 0.3 is 5.97 Å². The number of aromatic hydroxyl groups is 1. The molecule has 0 amide bonds. The van der Waals surface area contributed by atoms with Crippen LogP contribution in [0.2, 0.25) is 0 Å². The topological polar surface area (TPSA) is 77.8 Å². The fourth-order valence-electron chi connectivity index (χ4n) is 0.927. The molecule has 0 radical (unpaired) electrons. The van der Waals surface area contributed by atoms with Gasteiger partial charge in [0.25, 0.3) is 0 Å². The molecule has 0 heterocycles. The van der Waals surface area contributed by atoms with E-state index in [0.29, 0.717) is 7.14 Å². The molecule has 76 valence electrons. The predicted molar refractivity (Wildman–Crippen MR) is 66.1 cm³/mol. The lowest BCUT2D eigenvalue weighted by Gasteiger charge is -2.10. The quantitative estimate of drug-likeness (QED) is 0.638.